The lowest BCUT2D eigenvalue weighted by atomic mass is 9.77. The van der Waals surface area contributed by atoms with Gasteiger partial charge in [-0.05, 0) is 56.8 Å². The maximum absolute atomic E-state index is 13.2. The van der Waals surface area contributed by atoms with E-state index in [1.165, 1.54) is 28.4 Å². The lowest BCUT2D eigenvalue weighted by Gasteiger charge is -2.35. The summed E-state index contributed by atoms with van der Waals surface area (Å²) in [5.74, 6) is 0.861. The molecular weight excluding hydrogens is 344 g/mol. The van der Waals surface area contributed by atoms with Gasteiger partial charge in [0.25, 0.3) is 5.56 Å². The molecule has 1 N–H and O–H groups in total. The molecule has 27 heavy (non-hydrogen) atoms. The van der Waals surface area contributed by atoms with Gasteiger partial charge in [0, 0.05) is 20.1 Å². The van der Waals surface area contributed by atoms with Gasteiger partial charge in [-0.25, -0.2) is 9.78 Å². The van der Waals surface area contributed by atoms with E-state index >= 15 is 0 Å². The molecule has 0 radical (unpaired) electrons. The fourth-order valence-corrected chi connectivity index (χ4v) is 4.58. The van der Waals surface area contributed by atoms with Crippen molar-refractivity contribution < 1.29 is 5.11 Å². The second-order valence-corrected chi connectivity index (χ2v) is 8.64. The number of nitrogens with zero attached hydrogens (tertiary/aromatic N) is 4. The van der Waals surface area contributed by atoms with E-state index in [0.29, 0.717) is 23.6 Å². The lowest BCUT2D eigenvalue weighted by molar-refractivity contribution is -0.0146. The minimum Gasteiger partial charge on any atom is -0.390 e. The number of fused-ring (bicyclic) bond motifs is 1. The molecule has 7 heteroatoms. The predicted octanol–water partition coefficient (Wildman–Crippen LogP) is 2.03. The van der Waals surface area contributed by atoms with Crippen LogP contribution in [0.1, 0.15) is 58.3 Å². The number of aryl methyl sites for hydroxylation is 1. The van der Waals surface area contributed by atoms with Crippen LogP contribution in [-0.4, -0.2) is 29.4 Å². The van der Waals surface area contributed by atoms with Crippen LogP contribution in [0.25, 0.3) is 11.2 Å². The van der Waals surface area contributed by atoms with Crippen LogP contribution in [0, 0.1) is 11.8 Å². The van der Waals surface area contributed by atoms with Gasteiger partial charge < -0.3 is 9.67 Å². The Bertz CT molecular complexity index is 943. The van der Waals surface area contributed by atoms with E-state index in [0.717, 1.165) is 38.6 Å². The smallest absolute Gasteiger partial charge is 0.332 e. The van der Waals surface area contributed by atoms with Crippen LogP contribution < -0.4 is 11.2 Å². The van der Waals surface area contributed by atoms with E-state index in [4.69, 9.17) is 0 Å². The second kappa shape index (κ2) is 6.93. The minimum absolute atomic E-state index is 0.221. The number of aliphatic hydroxyl groups is 1. The third-order valence-corrected chi connectivity index (χ3v) is 6.92. The van der Waals surface area contributed by atoms with Crippen molar-refractivity contribution in [2.75, 3.05) is 0 Å². The molecule has 7 nitrogen and oxygen atoms in total. The van der Waals surface area contributed by atoms with Crippen LogP contribution in [0.15, 0.2) is 15.9 Å². The Balaban J connectivity index is 1.65. The quantitative estimate of drug-likeness (QED) is 0.868. The summed E-state index contributed by atoms with van der Waals surface area (Å²) in [6.45, 7) is 3.24. The molecule has 0 amide bonds. The van der Waals surface area contributed by atoms with Gasteiger partial charge in [0.2, 0.25) is 0 Å². The molecule has 148 valence electrons. The van der Waals surface area contributed by atoms with Crippen LogP contribution >= 0.6 is 0 Å². The summed E-state index contributed by atoms with van der Waals surface area (Å²) in [6, 6.07) is 0. The molecule has 2 aliphatic carbocycles. The van der Waals surface area contributed by atoms with Crippen molar-refractivity contribution in [3.8, 4) is 0 Å². The molecule has 0 unspecified atom stereocenters. The fourth-order valence-electron chi connectivity index (χ4n) is 4.58. The van der Waals surface area contributed by atoms with Crippen molar-refractivity contribution in [1.29, 1.82) is 0 Å². The van der Waals surface area contributed by atoms with Crippen LogP contribution in [0.4, 0.5) is 0 Å². The molecule has 2 saturated carbocycles. The molecule has 2 aliphatic rings. The van der Waals surface area contributed by atoms with Gasteiger partial charge in [-0.15, -0.1) is 0 Å². The maximum Gasteiger partial charge on any atom is 0.332 e. The Morgan fingerprint density at radius 2 is 1.81 bits per heavy atom. The Hall–Kier alpha value is -1.89. The molecule has 2 aromatic heterocycles. The first-order chi connectivity index (χ1) is 12.9. The first-order valence-electron chi connectivity index (χ1n) is 10.3. The zero-order chi connectivity index (χ0) is 19.2. The van der Waals surface area contributed by atoms with Crippen LogP contribution in [0.5, 0.6) is 0 Å². The zero-order valence-electron chi connectivity index (χ0n) is 16.4. The monoisotopic (exact) mass is 374 g/mol. The number of rotatable bonds is 5. The Morgan fingerprint density at radius 1 is 1.15 bits per heavy atom. The number of imidazole rings is 1. The van der Waals surface area contributed by atoms with Gasteiger partial charge in [0.1, 0.15) is 0 Å². The predicted molar refractivity (Wildman–Crippen MR) is 104 cm³/mol. The van der Waals surface area contributed by atoms with Gasteiger partial charge in [-0.2, -0.15) is 0 Å². The topological polar surface area (TPSA) is 82.1 Å². The number of hydrogen-bond acceptors (Lipinski definition) is 4. The Kier molecular flexibility index (Phi) is 4.74. The maximum atomic E-state index is 13.2. The average Bonchev–Trinajstić information content (AvgIpc) is 3.06. The summed E-state index contributed by atoms with van der Waals surface area (Å²) < 4.78 is 4.83. The van der Waals surface area contributed by atoms with Crippen molar-refractivity contribution in [1.82, 2.24) is 18.7 Å². The van der Waals surface area contributed by atoms with Gasteiger partial charge in [0.05, 0.1) is 11.9 Å². The van der Waals surface area contributed by atoms with Gasteiger partial charge in [-0.3, -0.25) is 13.9 Å². The molecule has 0 aliphatic heterocycles. The van der Waals surface area contributed by atoms with Crippen molar-refractivity contribution in [3.63, 3.8) is 0 Å². The van der Waals surface area contributed by atoms with Crippen LogP contribution in [0.2, 0.25) is 0 Å². The number of aromatic nitrogens is 4. The molecule has 0 spiro atoms. The van der Waals surface area contributed by atoms with E-state index in [2.05, 4.69) is 4.98 Å². The summed E-state index contributed by atoms with van der Waals surface area (Å²) in [6.07, 6.45) is 9.29. The highest BCUT2D eigenvalue weighted by atomic mass is 16.3. The number of hydrogen-bond donors (Lipinski definition) is 1. The summed E-state index contributed by atoms with van der Waals surface area (Å²) in [7, 11) is 1.69. The third kappa shape index (κ3) is 3.26. The Labute approximate surface area is 158 Å². The van der Waals surface area contributed by atoms with Crippen molar-refractivity contribution in [3.05, 3.63) is 27.2 Å². The molecule has 0 aromatic carbocycles. The average molecular weight is 374 g/mol. The normalized spacial score (nSPS) is 26.4. The lowest BCUT2D eigenvalue weighted by Crippen LogP contribution is -2.43. The first-order valence-corrected chi connectivity index (χ1v) is 10.3. The standard InChI is InChI=1S/C20H30N4O3/c1-3-20(27)9-7-15(8-10-20)12-24-18(25)16-17(22(2)19(24)26)21-13-23(16)11-14-5-4-6-14/h13-15,27H,3-12H2,1-2H3. The zero-order valence-corrected chi connectivity index (χ0v) is 16.4. The van der Waals surface area contributed by atoms with E-state index in [1.807, 2.05) is 11.5 Å². The van der Waals surface area contributed by atoms with Crippen LogP contribution in [0.3, 0.4) is 0 Å². The van der Waals surface area contributed by atoms with E-state index in [9.17, 15) is 14.7 Å². The summed E-state index contributed by atoms with van der Waals surface area (Å²) >= 11 is 0. The first kappa shape index (κ1) is 18.5. The summed E-state index contributed by atoms with van der Waals surface area (Å²) in [4.78, 5) is 30.3. The van der Waals surface area contributed by atoms with E-state index in [-0.39, 0.29) is 17.2 Å². The SMILES string of the molecule is CCC1(O)CCC(Cn2c(=O)c3c(ncn3CC3CCC3)n(C)c2=O)CC1. The molecule has 0 saturated heterocycles. The van der Waals surface area contributed by atoms with Gasteiger partial charge in [-0.1, -0.05) is 13.3 Å². The van der Waals surface area contributed by atoms with E-state index < -0.39 is 5.60 Å². The molecular formula is C20H30N4O3. The molecule has 2 fully saturated rings. The van der Waals surface area contributed by atoms with Gasteiger partial charge in [0.15, 0.2) is 11.2 Å². The van der Waals surface area contributed by atoms with Crippen molar-refractivity contribution in [2.45, 2.75) is 77.0 Å². The molecule has 4 rings (SSSR count). The van der Waals surface area contributed by atoms with E-state index in [1.54, 1.807) is 13.4 Å². The van der Waals surface area contributed by atoms with Crippen molar-refractivity contribution in [2.24, 2.45) is 18.9 Å². The molecule has 2 aromatic rings. The summed E-state index contributed by atoms with van der Waals surface area (Å²) in [5.41, 5.74) is -0.0639. The highest BCUT2D eigenvalue weighted by Gasteiger charge is 2.32. The molecule has 2 heterocycles. The highest BCUT2D eigenvalue weighted by molar-refractivity contribution is 5.69. The minimum atomic E-state index is -0.572. The molecule has 0 bridgehead atoms. The van der Waals surface area contributed by atoms with Crippen molar-refractivity contribution >= 4 is 11.2 Å². The molecule has 0 atom stereocenters. The third-order valence-electron chi connectivity index (χ3n) is 6.92. The van der Waals surface area contributed by atoms with Gasteiger partial charge >= 0.3 is 5.69 Å². The Morgan fingerprint density at radius 3 is 2.41 bits per heavy atom. The fraction of sp³-hybridized carbons (Fsp3) is 0.750. The van der Waals surface area contributed by atoms with Crippen LogP contribution in [-0.2, 0) is 20.1 Å². The largest absolute Gasteiger partial charge is 0.390 e. The highest BCUT2D eigenvalue weighted by Crippen LogP contribution is 2.34. The second-order valence-electron chi connectivity index (χ2n) is 8.64. The summed E-state index contributed by atoms with van der Waals surface area (Å²) in [5, 5.41) is 10.4.